The maximum absolute atomic E-state index is 15.1. The Bertz CT molecular complexity index is 1880. The minimum atomic E-state index is -4.62. The molecule has 5 rings (SSSR count). The van der Waals surface area contributed by atoms with Crippen LogP contribution in [0.25, 0.3) is 22.5 Å². The second-order valence-electron chi connectivity index (χ2n) is 11.1. The first-order valence-electron chi connectivity index (χ1n) is 15.0. The third-order valence-corrected chi connectivity index (χ3v) is 7.64. The molecule has 12 heteroatoms. The van der Waals surface area contributed by atoms with Crippen LogP contribution in [-0.2, 0) is 25.4 Å². The van der Waals surface area contributed by atoms with Crippen molar-refractivity contribution < 1.29 is 44.3 Å². The minimum absolute atomic E-state index is 0.0275. The Morgan fingerprint density at radius 3 is 1.85 bits per heavy atom. The van der Waals surface area contributed by atoms with E-state index in [1.807, 2.05) is 0 Å². The molecule has 0 saturated carbocycles. The molecule has 4 aromatic carbocycles. The van der Waals surface area contributed by atoms with Crippen LogP contribution < -0.4 is 4.74 Å². The minimum Gasteiger partial charge on any atom is -0.429 e. The number of alkyl halides is 2. The number of nitrogens with zero attached hydrogens (tertiary/aromatic N) is 2. The van der Waals surface area contributed by atoms with Crippen LogP contribution >= 0.6 is 0 Å². The molecule has 0 unspecified atom stereocenters. The zero-order valence-corrected chi connectivity index (χ0v) is 25.4. The Morgan fingerprint density at radius 1 is 0.604 bits per heavy atom. The molecule has 0 saturated heterocycles. The van der Waals surface area contributed by atoms with E-state index >= 15 is 22.0 Å². The van der Waals surface area contributed by atoms with Crippen molar-refractivity contribution in [2.24, 2.45) is 0 Å². The highest BCUT2D eigenvalue weighted by molar-refractivity contribution is 5.69. The fraction of sp³-hybridized carbons (Fsp3) is 0.222. The Hall–Kier alpha value is -4.87. The zero-order chi connectivity index (χ0) is 34.6. The maximum Gasteiger partial charge on any atom is 0.432 e. The SMILES string of the molecule is CCCCCc1cnc(-c2ccc(-c3cc(F)c(C(F)(F)Oc4ccc(CCc5cc(F)c(F)c(F)c5)c(F)c4)c(F)c3)c(F)c2)nc1. The maximum atomic E-state index is 15.1. The summed E-state index contributed by atoms with van der Waals surface area (Å²) in [6, 6.07) is 8.79. The normalized spacial score (nSPS) is 11.6. The molecule has 0 spiro atoms. The Morgan fingerprint density at radius 2 is 1.25 bits per heavy atom. The predicted octanol–water partition coefficient (Wildman–Crippen LogP) is 10.4. The van der Waals surface area contributed by atoms with Crippen LogP contribution in [0.1, 0.15) is 48.4 Å². The Kier molecular flexibility index (Phi) is 10.4. The van der Waals surface area contributed by atoms with E-state index in [-0.39, 0.29) is 40.9 Å². The second kappa shape index (κ2) is 14.5. The number of ether oxygens (including phenoxy) is 1. The van der Waals surface area contributed by atoms with Gasteiger partial charge in [-0.3, -0.25) is 0 Å². The fourth-order valence-corrected chi connectivity index (χ4v) is 5.13. The second-order valence-corrected chi connectivity index (χ2v) is 11.1. The molecule has 0 radical (unpaired) electrons. The largest absolute Gasteiger partial charge is 0.432 e. The highest BCUT2D eigenvalue weighted by atomic mass is 19.3. The number of aryl methyl sites for hydroxylation is 3. The van der Waals surface area contributed by atoms with Gasteiger partial charge in [-0.25, -0.2) is 40.7 Å². The lowest BCUT2D eigenvalue weighted by Crippen LogP contribution is -2.25. The topological polar surface area (TPSA) is 35.0 Å². The highest BCUT2D eigenvalue weighted by Crippen LogP contribution is 2.38. The van der Waals surface area contributed by atoms with E-state index in [0.29, 0.717) is 23.8 Å². The predicted molar refractivity (Wildman–Crippen MR) is 161 cm³/mol. The molecule has 3 nitrogen and oxygen atoms in total. The first kappa shape index (κ1) is 34.5. The molecule has 0 atom stereocenters. The van der Waals surface area contributed by atoms with Crippen LogP contribution in [0.4, 0.5) is 39.5 Å². The smallest absolute Gasteiger partial charge is 0.429 e. The fourth-order valence-electron chi connectivity index (χ4n) is 5.13. The first-order valence-corrected chi connectivity index (χ1v) is 15.0. The van der Waals surface area contributed by atoms with Gasteiger partial charge in [-0.15, -0.1) is 0 Å². The summed E-state index contributed by atoms with van der Waals surface area (Å²) in [7, 11) is 0. The standard InChI is InChI=1S/C36H27F9N2O/c1-2-3-4-5-21-18-46-35(47-19-21)23-9-11-26(28(38)14-23)24-15-29(39)33(30(40)16-24)36(44,45)48-25-10-8-22(27(37)17-25)7-6-20-12-31(41)34(43)32(42)13-20/h8-19H,2-7H2,1H3. The van der Waals surface area contributed by atoms with Crippen molar-refractivity contribution >= 4 is 0 Å². The number of unbranched alkanes of at least 4 members (excludes halogenated alkanes) is 2. The van der Waals surface area contributed by atoms with Gasteiger partial charge in [0.15, 0.2) is 23.3 Å². The van der Waals surface area contributed by atoms with E-state index in [1.165, 1.54) is 12.1 Å². The van der Waals surface area contributed by atoms with Gasteiger partial charge in [0, 0.05) is 29.6 Å². The summed E-state index contributed by atoms with van der Waals surface area (Å²) in [5.74, 6) is -10.5. The van der Waals surface area contributed by atoms with E-state index < -0.39 is 58.1 Å². The van der Waals surface area contributed by atoms with Crippen molar-refractivity contribution in [3.63, 3.8) is 0 Å². The molecule has 1 heterocycles. The molecule has 0 aliphatic rings. The van der Waals surface area contributed by atoms with E-state index in [2.05, 4.69) is 21.6 Å². The molecule has 5 aromatic rings. The number of hydrogen-bond donors (Lipinski definition) is 0. The van der Waals surface area contributed by atoms with Gasteiger partial charge < -0.3 is 4.74 Å². The van der Waals surface area contributed by atoms with Crippen LogP contribution in [0.3, 0.4) is 0 Å². The summed E-state index contributed by atoms with van der Waals surface area (Å²) in [6.45, 7) is 2.09. The number of benzene rings is 4. The van der Waals surface area contributed by atoms with Crippen molar-refractivity contribution in [3.05, 3.63) is 136 Å². The highest BCUT2D eigenvalue weighted by Gasteiger charge is 2.41. The van der Waals surface area contributed by atoms with Crippen LogP contribution in [0.15, 0.2) is 73.1 Å². The lowest BCUT2D eigenvalue weighted by atomic mass is 10.00. The molecule has 1 aromatic heterocycles. The van der Waals surface area contributed by atoms with E-state index in [9.17, 15) is 17.6 Å². The van der Waals surface area contributed by atoms with Crippen LogP contribution in [0.2, 0.25) is 0 Å². The molecular formula is C36H27F9N2O. The molecule has 0 N–H and O–H groups in total. The van der Waals surface area contributed by atoms with Crippen LogP contribution in [-0.4, -0.2) is 9.97 Å². The molecule has 48 heavy (non-hydrogen) atoms. The lowest BCUT2D eigenvalue weighted by molar-refractivity contribution is -0.189. The van der Waals surface area contributed by atoms with Gasteiger partial charge in [0.1, 0.15) is 34.6 Å². The van der Waals surface area contributed by atoms with Gasteiger partial charge in [-0.1, -0.05) is 38.0 Å². The third-order valence-electron chi connectivity index (χ3n) is 7.64. The van der Waals surface area contributed by atoms with E-state index in [0.717, 1.165) is 61.6 Å². The summed E-state index contributed by atoms with van der Waals surface area (Å²) in [6.07, 6.45) is 2.31. The van der Waals surface area contributed by atoms with Crippen molar-refractivity contribution in [2.45, 2.75) is 51.6 Å². The summed E-state index contributed by atoms with van der Waals surface area (Å²) in [5, 5.41) is 0. The zero-order valence-electron chi connectivity index (χ0n) is 25.4. The van der Waals surface area contributed by atoms with Gasteiger partial charge in [0.25, 0.3) is 0 Å². The van der Waals surface area contributed by atoms with E-state index in [1.54, 1.807) is 12.4 Å². The van der Waals surface area contributed by atoms with Crippen molar-refractivity contribution in [2.75, 3.05) is 0 Å². The molecule has 0 fully saturated rings. The van der Waals surface area contributed by atoms with Gasteiger partial charge in [-0.2, -0.15) is 8.78 Å². The Labute approximate surface area is 270 Å². The molecular weight excluding hydrogens is 647 g/mol. The monoisotopic (exact) mass is 674 g/mol. The van der Waals surface area contributed by atoms with Gasteiger partial charge >= 0.3 is 6.11 Å². The number of hydrogen-bond acceptors (Lipinski definition) is 3. The quantitative estimate of drug-likeness (QED) is 0.0751. The molecule has 0 aliphatic carbocycles. The molecule has 0 aliphatic heterocycles. The van der Waals surface area contributed by atoms with Crippen molar-refractivity contribution in [1.82, 2.24) is 9.97 Å². The first-order chi connectivity index (χ1) is 22.9. The average molecular weight is 675 g/mol. The van der Waals surface area contributed by atoms with Gasteiger partial charge in [0.05, 0.1) is 0 Å². The lowest BCUT2D eigenvalue weighted by Gasteiger charge is -2.20. The number of halogens is 9. The van der Waals surface area contributed by atoms with Gasteiger partial charge in [0.2, 0.25) is 0 Å². The van der Waals surface area contributed by atoms with Gasteiger partial charge in [-0.05, 0) is 84.3 Å². The van der Waals surface area contributed by atoms with E-state index in [4.69, 9.17) is 0 Å². The number of aromatic nitrogens is 2. The van der Waals surface area contributed by atoms with Crippen molar-refractivity contribution in [3.8, 4) is 28.3 Å². The Balaban J connectivity index is 1.30. The van der Waals surface area contributed by atoms with Crippen molar-refractivity contribution in [1.29, 1.82) is 0 Å². The summed E-state index contributed by atoms with van der Waals surface area (Å²) in [4.78, 5) is 8.52. The van der Waals surface area contributed by atoms with Crippen LogP contribution in [0.5, 0.6) is 5.75 Å². The third kappa shape index (κ3) is 7.80. The van der Waals surface area contributed by atoms with Crippen LogP contribution in [0, 0.1) is 40.7 Å². The summed E-state index contributed by atoms with van der Waals surface area (Å²) >= 11 is 0. The number of rotatable bonds is 12. The molecule has 0 bridgehead atoms. The molecule has 250 valence electrons. The summed E-state index contributed by atoms with van der Waals surface area (Å²) in [5.41, 5.74) is -1.22. The average Bonchev–Trinajstić information content (AvgIpc) is 3.03. The summed E-state index contributed by atoms with van der Waals surface area (Å²) < 4.78 is 134. The molecule has 0 amide bonds.